The van der Waals surface area contributed by atoms with Crippen LogP contribution in [0.25, 0.3) is 5.69 Å². The van der Waals surface area contributed by atoms with Crippen molar-refractivity contribution in [1.82, 2.24) is 8.87 Å². The summed E-state index contributed by atoms with van der Waals surface area (Å²) in [6, 6.07) is 13.3. The molecule has 3 aromatic rings. The fraction of sp³-hybridized carbons (Fsp3) is 0.360. The summed E-state index contributed by atoms with van der Waals surface area (Å²) in [6.07, 6.45) is 3.43. The second-order valence-electron chi connectivity index (χ2n) is 8.80. The number of aryl methyl sites for hydroxylation is 1. The maximum atomic E-state index is 13.5. The third kappa shape index (κ3) is 3.31. The molecule has 0 aliphatic carbocycles. The molecule has 1 fully saturated rings. The Balaban J connectivity index is 1.47. The fourth-order valence-electron chi connectivity index (χ4n) is 5.11. The number of hydrogen-bond donors (Lipinski definition) is 1. The molecular weight excluding hydrogens is 438 g/mol. The molecule has 0 saturated carbocycles. The van der Waals surface area contributed by atoms with Gasteiger partial charge in [0.15, 0.2) is 0 Å². The monoisotopic (exact) mass is 467 g/mol. The molecule has 2 aliphatic rings. The zero-order valence-electron chi connectivity index (χ0n) is 19.4. The van der Waals surface area contributed by atoms with E-state index in [0.29, 0.717) is 37.4 Å². The molecule has 174 valence electrons. The van der Waals surface area contributed by atoms with Crippen LogP contribution in [0.5, 0.6) is 11.5 Å². The largest absolute Gasteiger partial charge is 0.497 e. The molecule has 1 saturated heterocycles. The van der Waals surface area contributed by atoms with Gasteiger partial charge < -0.3 is 19.4 Å². The Morgan fingerprint density at radius 2 is 1.76 bits per heavy atom. The van der Waals surface area contributed by atoms with Gasteiger partial charge in [0.05, 0.1) is 31.1 Å². The number of piperidine rings is 1. The van der Waals surface area contributed by atoms with Crippen molar-refractivity contribution in [3.05, 3.63) is 65.5 Å². The molecule has 1 spiro atoms. The lowest BCUT2D eigenvalue weighted by atomic mass is 9.82. The molecule has 0 bridgehead atoms. The number of fused-ring (bicyclic) bond motifs is 4. The maximum absolute atomic E-state index is 13.5. The summed E-state index contributed by atoms with van der Waals surface area (Å²) < 4.78 is 41.5. The first kappa shape index (κ1) is 21.9. The molecule has 33 heavy (non-hydrogen) atoms. The Morgan fingerprint density at radius 3 is 2.45 bits per heavy atom. The highest BCUT2D eigenvalue weighted by Gasteiger charge is 2.44. The first-order chi connectivity index (χ1) is 15.8. The number of nitrogens with zero attached hydrogens (tertiary/aromatic N) is 2. The van der Waals surface area contributed by atoms with Crippen LogP contribution in [0, 0.1) is 13.8 Å². The average Bonchev–Trinajstić information content (AvgIpc) is 3.32. The zero-order chi connectivity index (χ0) is 23.4. The highest BCUT2D eigenvalue weighted by molar-refractivity contribution is 7.89. The molecule has 7 nitrogen and oxygen atoms in total. The van der Waals surface area contributed by atoms with E-state index < -0.39 is 10.0 Å². The highest BCUT2D eigenvalue weighted by atomic mass is 32.2. The lowest BCUT2D eigenvalue weighted by Gasteiger charge is -2.46. The topological polar surface area (TPSA) is 72.8 Å². The van der Waals surface area contributed by atoms with Crippen LogP contribution >= 0.6 is 0 Å². The van der Waals surface area contributed by atoms with Crippen molar-refractivity contribution < 1.29 is 17.9 Å². The Labute approximate surface area is 195 Å². The average molecular weight is 468 g/mol. The van der Waals surface area contributed by atoms with Crippen LogP contribution in [0.3, 0.4) is 0 Å². The minimum Gasteiger partial charge on any atom is -0.497 e. The van der Waals surface area contributed by atoms with E-state index in [1.807, 2.05) is 0 Å². The fourth-order valence-corrected chi connectivity index (χ4v) is 6.73. The third-order valence-electron chi connectivity index (χ3n) is 7.12. The number of nitrogens with one attached hydrogen (secondary N) is 1. The van der Waals surface area contributed by atoms with Crippen molar-refractivity contribution in [2.75, 3.05) is 32.6 Å². The SMILES string of the molecule is COc1ccc(OC)c(S(=O)(=O)N2CCC3(CC2)Nc2ccc(C)c(C)c2-n2cccc23)c1. The molecule has 0 atom stereocenters. The number of rotatable bonds is 4. The summed E-state index contributed by atoms with van der Waals surface area (Å²) in [5.74, 6) is 0.803. The number of ether oxygens (including phenoxy) is 2. The molecular formula is C25H29N3O4S. The standard InChI is InChI=1S/C25H29N3O4S/c1-17-7-9-20-24(18(17)2)28-13-5-6-23(28)25(26-20)11-14-27(15-12-25)33(29,30)22-16-19(31-3)8-10-21(22)32-4/h5-10,13,16,26H,11-12,14-15H2,1-4H3. The van der Waals surface area contributed by atoms with Crippen molar-refractivity contribution >= 4 is 15.7 Å². The molecule has 0 radical (unpaired) electrons. The van der Waals surface area contributed by atoms with E-state index in [9.17, 15) is 8.42 Å². The van der Waals surface area contributed by atoms with E-state index in [4.69, 9.17) is 9.47 Å². The normalized spacial score (nSPS) is 17.2. The van der Waals surface area contributed by atoms with Crippen molar-refractivity contribution in [2.45, 2.75) is 37.1 Å². The summed E-state index contributed by atoms with van der Waals surface area (Å²) in [4.78, 5) is 0.136. The van der Waals surface area contributed by atoms with Crippen molar-refractivity contribution in [3.8, 4) is 17.2 Å². The van der Waals surface area contributed by atoms with Gasteiger partial charge in [-0.2, -0.15) is 4.31 Å². The number of anilines is 1. The van der Waals surface area contributed by atoms with Gasteiger partial charge in [0.1, 0.15) is 16.4 Å². The van der Waals surface area contributed by atoms with Crippen molar-refractivity contribution in [1.29, 1.82) is 0 Å². The van der Waals surface area contributed by atoms with Gasteiger partial charge >= 0.3 is 0 Å². The Morgan fingerprint density at radius 1 is 1.00 bits per heavy atom. The molecule has 2 aromatic carbocycles. The molecule has 1 N–H and O–H groups in total. The zero-order valence-corrected chi connectivity index (χ0v) is 20.2. The number of aromatic nitrogens is 1. The van der Waals surface area contributed by atoms with Crippen LogP contribution in [0.1, 0.15) is 29.7 Å². The van der Waals surface area contributed by atoms with Gasteiger partial charge in [0.25, 0.3) is 0 Å². The summed E-state index contributed by atoms with van der Waals surface area (Å²) in [5.41, 5.74) is 5.63. The Kier molecular flexibility index (Phi) is 5.17. The number of methoxy groups -OCH3 is 2. The highest BCUT2D eigenvalue weighted by Crippen LogP contribution is 2.45. The molecule has 8 heteroatoms. The third-order valence-corrected chi connectivity index (χ3v) is 9.04. The van der Waals surface area contributed by atoms with Crippen LogP contribution in [0.2, 0.25) is 0 Å². The smallest absolute Gasteiger partial charge is 0.246 e. The maximum Gasteiger partial charge on any atom is 0.246 e. The molecule has 0 unspecified atom stereocenters. The molecule has 1 aromatic heterocycles. The molecule has 2 aliphatic heterocycles. The first-order valence-electron chi connectivity index (χ1n) is 11.1. The van der Waals surface area contributed by atoms with E-state index in [2.05, 4.69) is 54.2 Å². The van der Waals surface area contributed by atoms with E-state index in [0.717, 1.165) is 5.69 Å². The second kappa shape index (κ2) is 7.81. The lowest BCUT2D eigenvalue weighted by molar-refractivity contribution is 0.247. The summed E-state index contributed by atoms with van der Waals surface area (Å²) >= 11 is 0. The van der Waals surface area contributed by atoms with Crippen LogP contribution in [-0.2, 0) is 15.6 Å². The summed E-state index contributed by atoms with van der Waals surface area (Å²) in [7, 11) is -0.735. The number of sulfonamides is 1. The van der Waals surface area contributed by atoms with Crippen LogP contribution in [0.4, 0.5) is 5.69 Å². The summed E-state index contributed by atoms with van der Waals surface area (Å²) in [5, 5.41) is 3.79. The Hall–Kier alpha value is -2.97. The van der Waals surface area contributed by atoms with Gasteiger partial charge in [0, 0.05) is 31.0 Å². The van der Waals surface area contributed by atoms with Gasteiger partial charge in [-0.15, -0.1) is 0 Å². The van der Waals surface area contributed by atoms with Gasteiger partial charge in [-0.3, -0.25) is 0 Å². The predicted octanol–water partition coefficient (Wildman–Crippen LogP) is 4.22. The van der Waals surface area contributed by atoms with E-state index >= 15 is 0 Å². The quantitative estimate of drug-likeness (QED) is 0.622. The number of hydrogen-bond acceptors (Lipinski definition) is 5. The van der Waals surface area contributed by atoms with Crippen LogP contribution in [-0.4, -0.2) is 44.6 Å². The first-order valence-corrected chi connectivity index (χ1v) is 12.5. The minimum atomic E-state index is -3.74. The van der Waals surface area contributed by atoms with Gasteiger partial charge in [-0.05, 0) is 68.1 Å². The van der Waals surface area contributed by atoms with Gasteiger partial charge in [-0.25, -0.2) is 8.42 Å². The van der Waals surface area contributed by atoms with Gasteiger partial charge in [-0.1, -0.05) is 6.07 Å². The van der Waals surface area contributed by atoms with Crippen molar-refractivity contribution in [3.63, 3.8) is 0 Å². The van der Waals surface area contributed by atoms with E-state index in [1.165, 1.54) is 42.8 Å². The van der Waals surface area contributed by atoms with Crippen LogP contribution in [0.15, 0.2) is 53.6 Å². The van der Waals surface area contributed by atoms with Crippen LogP contribution < -0.4 is 14.8 Å². The predicted molar refractivity (Wildman–Crippen MR) is 128 cm³/mol. The van der Waals surface area contributed by atoms with Crippen molar-refractivity contribution in [2.24, 2.45) is 0 Å². The van der Waals surface area contributed by atoms with E-state index in [-0.39, 0.29) is 10.4 Å². The molecule has 3 heterocycles. The minimum absolute atomic E-state index is 0.136. The number of benzene rings is 2. The summed E-state index contributed by atoms with van der Waals surface area (Å²) in [6.45, 7) is 5.08. The second-order valence-corrected chi connectivity index (χ2v) is 10.7. The lowest BCUT2D eigenvalue weighted by Crippen LogP contribution is -2.51. The van der Waals surface area contributed by atoms with E-state index in [1.54, 1.807) is 16.4 Å². The molecule has 5 rings (SSSR count). The van der Waals surface area contributed by atoms with Gasteiger partial charge in [0.2, 0.25) is 10.0 Å². The Bertz CT molecular complexity index is 1320. The molecule has 0 amide bonds.